The van der Waals surface area contributed by atoms with E-state index in [-0.39, 0.29) is 28.1 Å². The molecular weight excluding hydrogens is 312 g/mol. The van der Waals surface area contributed by atoms with Gasteiger partial charge in [-0.2, -0.15) is 0 Å². The number of rotatable bonds is 3. The second-order valence-corrected chi connectivity index (χ2v) is 4.99. The molecule has 0 spiro atoms. The lowest BCUT2D eigenvalue weighted by Crippen LogP contribution is -1.97. The van der Waals surface area contributed by atoms with Crippen molar-refractivity contribution in [3.63, 3.8) is 0 Å². The Kier molecular flexibility index (Phi) is 4.53. The standard InChI is InChI=1S/C13H9Cl3FNO/c14-8-4-10(16)13(5-9(8)15)19-12-2-1-7(6-18)3-11(12)17/h1-5H,6,18H2. The second-order valence-electron chi connectivity index (χ2n) is 3.77. The molecule has 0 aliphatic heterocycles. The van der Waals surface area contributed by atoms with Crippen molar-refractivity contribution in [1.29, 1.82) is 0 Å². The van der Waals surface area contributed by atoms with Crippen LogP contribution >= 0.6 is 34.8 Å². The summed E-state index contributed by atoms with van der Waals surface area (Å²) in [4.78, 5) is 0. The van der Waals surface area contributed by atoms with Gasteiger partial charge in [0.05, 0.1) is 15.1 Å². The molecule has 2 rings (SSSR count). The molecule has 0 amide bonds. The Hall–Kier alpha value is -1.000. The summed E-state index contributed by atoms with van der Waals surface area (Å²) in [7, 11) is 0. The Morgan fingerprint density at radius 1 is 0.947 bits per heavy atom. The zero-order valence-electron chi connectivity index (χ0n) is 9.59. The molecular formula is C13H9Cl3FNO. The van der Waals surface area contributed by atoms with Gasteiger partial charge >= 0.3 is 0 Å². The van der Waals surface area contributed by atoms with E-state index in [4.69, 9.17) is 45.3 Å². The summed E-state index contributed by atoms with van der Waals surface area (Å²) in [5.74, 6) is -0.252. The molecule has 0 unspecified atom stereocenters. The molecule has 2 aromatic carbocycles. The number of benzene rings is 2. The average molecular weight is 321 g/mol. The predicted octanol–water partition coefficient (Wildman–Crippen LogP) is 5.04. The summed E-state index contributed by atoms with van der Waals surface area (Å²) in [6.07, 6.45) is 0. The maximum atomic E-state index is 13.8. The fourth-order valence-electron chi connectivity index (χ4n) is 1.46. The van der Waals surface area contributed by atoms with Crippen LogP contribution in [0.1, 0.15) is 5.56 Å². The first-order valence-electron chi connectivity index (χ1n) is 5.32. The Labute approximate surface area is 124 Å². The zero-order chi connectivity index (χ0) is 14.0. The van der Waals surface area contributed by atoms with Crippen molar-refractivity contribution in [2.75, 3.05) is 0 Å². The van der Waals surface area contributed by atoms with Gasteiger partial charge in [0.2, 0.25) is 0 Å². The quantitative estimate of drug-likeness (QED) is 0.804. The average Bonchev–Trinajstić information content (AvgIpc) is 2.38. The predicted molar refractivity (Wildman–Crippen MR) is 75.8 cm³/mol. The second kappa shape index (κ2) is 5.97. The molecule has 0 fully saturated rings. The van der Waals surface area contributed by atoms with Gasteiger partial charge in [0, 0.05) is 12.6 Å². The first-order valence-corrected chi connectivity index (χ1v) is 6.45. The topological polar surface area (TPSA) is 35.2 Å². The van der Waals surface area contributed by atoms with E-state index in [0.29, 0.717) is 10.6 Å². The van der Waals surface area contributed by atoms with Crippen molar-refractivity contribution in [2.45, 2.75) is 6.54 Å². The van der Waals surface area contributed by atoms with Crippen LogP contribution in [0.5, 0.6) is 11.5 Å². The van der Waals surface area contributed by atoms with Gasteiger partial charge in [0.15, 0.2) is 11.6 Å². The first kappa shape index (κ1) is 14.4. The van der Waals surface area contributed by atoms with Crippen LogP contribution < -0.4 is 10.5 Å². The van der Waals surface area contributed by atoms with Crippen LogP contribution in [0.2, 0.25) is 15.1 Å². The minimum atomic E-state index is -0.523. The summed E-state index contributed by atoms with van der Waals surface area (Å²) in [5.41, 5.74) is 6.09. The smallest absolute Gasteiger partial charge is 0.166 e. The summed E-state index contributed by atoms with van der Waals surface area (Å²) < 4.78 is 19.1. The molecule has 0 aromatic heterocycles. The molecule has 19 heavy (non-hydrogen) atoms. The van der Waals surface area contributed by atoms with E-state index >= 15 is 0 Å². The Morgan fingerprint density at radius 2 is 1.63 bits per heavy atom. The highest BCUT2D eigenvalue weighted by Crippen LogP contribution is 2.37. The third-order valence-corrected chi connectivity index (χ3v) is 3.44. The van der Waals surface area contributed by atoms with Crippen LogP contribution in [0.4, 0.5) is 4.39 Å². The van der Waals surface area contributed by atoms with Gasteiger partial charge in [-0.3, -0.25) is 0 Å². The minimum absolute atomic E-state index is 0.0393. The van der Waals surface area contributed by atoms with E-state index in [1.165, 1.54) is 24.3 Å². The molecule has 0 aliphatic carbocycles. The first-order chi connectivity index (χ1) is 9.01. The highest BCUT2D eigenvalue weighted by atomic mass is 35.5. The number of hydrogen-bond acceptors (Lipinski definition) is 2. The fraction of sp³-hybridized carbons (Fsp3) is 0.0769. The lowest BCUT2D eigenvalue weighted by Gasteiger charge is -2.10. The molecule has 0 aliphatic rings. The lowest BCUT2D eigenvalue weighted by molar-refractivity contribution is 0.442. The molecule has 2 nitrogen and oxygen atoms in total. The molecule has 2 N–H and O–H groups in total. The highest BCUT2D eigenvalue weighted by molar-refractivity contribution is 6.43. The molecule has 100 valence electrons. The van der Waals surface area contributed by atoms with Gasteiger partial charge in [0.25, 0.3) is 0 Å². The molecule has 0 heterocycles. The monoisotopic (exact) mass is 319 g/mol. The van der Waals surface area contributed by atoms with Crippen molar-refractivity contribution < 1.29 is 9.13 Å². The van der Waals surface area contributed by atoms with Crippen LogP contribution in [0.15, 0.2) is 30.3 Å². The summed E-state index contributed by atoms with van der Waals surface area (Å²) >= 11 is 17.6. The number of ether oxygens (including phenoxy) is 1. The van der Waals surface area contributed by atoms with Gasteiger partial charge < -0.3 is 10.5 Å². The van der Waals surface area contributed by atoms with Crippen LogP contribution in [-0.2, 0) is 6.54 Å². The minimum Gasteiger partial charge on any atom is -0.453 e. The summed E-state index contributed by atoms with van der Waals surface area (Å²) in [5, 5.41) is 0.828. The third kappa shape index (κ3) is 3.31. The maximum absolute atomic E-state index is 13.8. The van der Waals surface area contributed by atoms with Crippen LogP contribution in [0.25, 0.3) is 0 Å². The lowest BCUT2D eigenvalue weighted by atomic mass is 10.2. The summed E-state index contributed by atoms with van der Waals surface area (Å²) in [6, 6.07) is 7.33. The van der Waals surface area contributed by atoms with Crippen LogP contribution in [-0.4, -0.2) is 0 Å². The molecule has 0 atom stereocenters. The normalized spacial score (nSPS) is 10.6. The van der Waals surface area contributed by atoms with Crippen molar-refractivity contribution in [1.82, 2.24) is 0 Å². The Morgan fingerprint density at radius 3 is 2.26 bits per heavy atom. The molecule has 0 saturated heterocycles. The highest BCUT2D eigenvalue weighted by Gasteiger charge is 2.11. The van der Waals surface area contributed by atoms with Gasteiger partial charge in [-0.15, -0.1) is 0 Å². The third-order valence-electron chi connectivity index (χ3n) is 2.43. The number of halogens is 4. The van der Waals surface area contributed by atoms with E-state index < -0.39 is 5.82 Å². The van der Waals surface area contributed by atoms with Crippen LogP contribution in [0.3, 0.4) is 0 Å². The van der Waals surface area contributed by atoms with Gasteiger partial charge in [0.1, 0.15) is 5.75 Å². The molecule has 6 heteroatoms. The van der Waals surface area contributed by atoms with E-state index in [0.717, 1.165) is 0 Å². The number of nitrogens with two attached hydrogens (primary N) is 1. The van der Waals surface area contributed by atoms with Gasteiger partial charge in [-0.25, -0.2) is 4.39 Å². The van der Waals surface area contributed by atoms with Gasteiger partial charge in [-0.1, -0.05) is 40.9 Å². The maximum Gasteiger partial charge on any atom is 0.166 e. The van der Waals surface area contributed by atoms with Crippen molar-refractivity contribution in [3.8, 4) is 11.5 Å². The van der Waals surface area contributed by atoms with E-state index in [1.54, 1.807) is 6.07 Å². The van der Waals surface area contributed by atoms with E-state index in [9.17, 15) is 4.39 Å². The Balaban J connectivity index is 2.33. The summed E-state index contributed by atoms with van der Waals surface area (Å²) in [6.45, 7) is 0.255. The Bertz CT molecular complexity index is 619. The molecule has 0 bridgehead atoms. The fourth-order valence-corrected chi connectivity index (χ4v) is 2.03. The SMILES string of the molecule is NCc1ccc(Oc2cc(Cl)c(Cl)cc2Cl)c(F)c1. The largest absolute Gasteiger partial charge is 0.453 e. The van der Waals surface area contributed by atoms with E-state index in [2.05, 4.69) is 0 Å². The van der Waals surface area contributed by atoms with Crippen molar-refractivity contribution >= 4 is 34.8 Å². The van der Waals surface area contributed by atoms with Crippen molar-refractivity contribution in [2.24, 2.45) is 5.73 Å². The number of hydrogen-bond donors (Lipinski definition) is 1. The van der Waals surface area contributed by atoms with Gasteiger partial charge in [-0.05, 0) is 23.8 Å². The van der Waals surface area contributed by atoms with Crippen LogP contribution in [0, 0.1) is 5.82 Å². The molecule has 0 saturated carbocycles. The zero-order valence-corrected chi connectivity index (χ0v) is 11.9. The van der Waals surface area contributed by atoms with Crippen molar-refractivity contribution in [3.05, 3.63) is 56.8 Å². The molecule has 2 aromatic rings. The molecule has 0 radical (unpaired) electrons. The van der Waals surface area contributed by atoms with E-state index in [1.807, 2.05) is 0 Å².